The Balaban J connectivity index is 1.24. The number of piperazine rings is 1. The molecule has 2 atom stereocenters. The monoisotopic (exact) mass is 558 g/mol. The summed E-state index contributed by atoms with van der Waals surface area (Å²) in [5.74, 6) is 1.84. The fourth-order valence-electron chi connectivity index (χ4n) is 5.44. The summed E-state index contributed by atoms with van der Waals surface area (Å²) in [6.45, 7) is 7.66. The summed E-state index contributed by atoms with van der Waals surface area (Å²) >= 11 is 1.59. The lowest BCUT2D eigenvalue weighted by atomic mass is 9.94. The Morgan fingerprint density at radius 2 is 1.61 bits per heavy atom. The smallest absolute Gasteiger partial charge is 0.253 e. The highest BCUT2D eigenvalue weighted by Crippen LogP contribution is 2.40. The van der Waals surface area contributed by atoms with Crippen molar-refractivity contribution in [1.29, 1.82) is 0 Å². The van der Waals surface area contributed by atoms with Gasteiger partial charge in [-0.25, -0.2) is 13.4 Å². The van der Waals surface area contributed by atoms with E-state index in [1.807, 2.05) is 17.0 Å². The molecule has 0 aliphatic carbocycles. The van der Waals surface area contributed by atoms with Crippen LogP contribution in [0.15, 0.2) is 41.3 Å². The van der Waals surface area contributed by atoms with E-state index in [9.17, 15) is 13.2 Å². The number of fused-ring (bicyclic) bond motifs is 1. The lowest BCUT2D eigenvalue weighted by Gasteiger charge is -2.35. The van der Waals surface area contributed by atoms with Gasteiger partial charge in [0, 0.05) is 44.8 Å². The Morgan fingerprint density at radius 1 is 0.947 bits per heavy atom. The van der Waals surface area contributed by atoms with Crippen LogP contribution in [0.25, 0.3) is 10.2 Å². The number of piperidine rings is 1. The lowest BCUT2D eigenvalue weighted by molar-refractivity contribution is 0.0746. The number of hydrogen-bond acceptors (Lipinski definition) is 8. The first-order valence-corrected chi connectivity index (χ1v) is 15.1. The van der Waals surface area contributed by atoms with E-state index in [1.165, 1.54) is 0 Å². The summed E-state index contributed by atoms with van der Waals surface area (Å²) in [5.41, 5.74) is 1.27. The zero-order valence-electron chi connectivity index (χ0n) is 22.2. The molecule has 0 bridgehead atoms. The van der Waals surface area contributed by atoms with Crippen molar-refractivity contribution in [1.82, 2.24) is 14.2 Å². The maximum absolute atomic E-state index is 13.2. The second kappa shape index (κ2) is 10.7. The van der Waals surface area contributed by atoms with Gasteiger partial charge in [0.05, 0.1) is 23.8 Å². The molecule has 0 saturated carbocycles. The van der Waals surface area contributed by atoms with Crippen molar-refractivity contribution >= 4 is 42.6 Å². The maximum atomic E-state index is 13.2. The Kier molecular flexibility index (Phi) is 7.52. The highest BCUT2D eigenvalue weighted by atomic mass is 32.2. The summed E-state index contributed by atoms with van der Waals surface area (Å²) in [6, 6.07) is 10.2. The number of ether oxygens (including phenoxy) is 2. The molecule has 1 amide bonds. The van der Waals surface area contributed by atoms with Crippen LogP contribution in [0.4, 0.5) is 5.13 Å². The Labute approximate surface area is 228 Å². The molecule has 0 radical (unpaired) electrons. The van der Waals surface area contributed by atoms with Crippen LogP contribution >= 0.6 is 11.3 Å². The number of amides is 1. The van der Waals surface area contributed by atoms with Gasteiger partial charge in [-0.1, -0.05) is 25.2 Å². The van der Waals surface area contributed by atoms with E-state index in [1.54, 1.807) is 54.1 Å². The van der Waals surface area contributed by atoms with Crippen LogP contribution in [-0.2, 0) is 10.0 Å². The predicted octanol–water partition coefficient (Wildman–Crippen LogP) is 3.94. The molecule has 3 heterocycles. The number of sulfonamides is 1. The number of hydrogen-bond donors (Lipinski definition) is 0. The molecule has 9 nitrogen and oxygen atoms in total. The second-order valence-corrected chi connectivity index (χ2v) is 13.2. The minimum Gasteiger partial charge on any atom is -0.493 e. The number of carbonyl (C=O) groups is 1. The SMILES string of the molecule is COc1ccc2sc(N3CCN(C(=O)c4ccc(S(=O)(=O)N5CC(C)CC(C)C5)cc4)CC3)nc2c1OC. The van der Waals surface area contributed by atoms with E-state index in [4.69, 9.17) is 14.5 Å². The van der Waals surface area contributed by atoms with Gasteiger partial charge in [0.1, 0.15) is 5.52 Å². The van der Waals surface area contributed by atoms with Gasteiger partial charge in [-0.2, -0.15) is 4.31 Å². The minimum absolute atomic E-state index is 0.0930. The van der Waals surface area contributed by atoms with Crippen LogP contribution in [0.5, 0.6) is 11.5 Å². The number of benzene rings is 2. The van der Waals surface area contributed by atoms with Gasteiger partial charge in [0.2, 0.25) is 10.0 Å². The number of thiazole rings is 1. The van der Waals surface area contributed by atoms with Crippen molar-refractivity contribution in [2.45, 2.75) is 25.2 Å². The van der Waals surface area contributed by atoms with E-state index < -0.39 is 10.0 Å². The highest BCUT2D eigenvalue weighted by Gasteiger charge is 2.32. The first-order chi connectivity index (χ1) is 18.2. The van der Waals surface area contributed by atoms with E-state index >= 15 is 0 Å². The lowest BCUT2D eigenvalue weighted by Crippen LogP contribution is -2.48. The molecule has 11 heteroatoms. The van der Waals surface area contributed by atoms with Gasteiger partial charge < -0.3 is 19.3 Å². The molecule has 0 spiro atoms. The molecule has 3 aromatic rings. The minimum atomic E-state index is -3.57. The number of methoxy groups -OCH3 is 2. The van der Waals surface area contributed by atoms with Crippen molar-refractivity contribution in [2.75, 3.05) is 58.4 Å². The molecule has 2 unspecified atom stereocenters. The van der Waals surface area contributed by atoms with Crippen molar-refractivity contribution in [3.8, 4) is 11.5 Å². The first-order valence-electron chi connectivity index (χ1n) is 12.9. The number of anilines is 1. The molecule has 38 heavy (non-hydrogen) atoms. The van der Waals surface area contributed by atoms with Gasteiger partial charge in [-0.05, 0) is 54.7 Å². The molecule has 204 valence electrons. The average Bonchev–Trinajstić information content (AvgIpc) is 3.36. The van der Waals surface area contributed by atoms with Crippen molar-refractivity contribution in [3.05, 3.63) is 42.0 Å². The number of nitrogens with zero attached hydrogens (tertiary/aromatic N) is 4. The average molecular weight is 559 g/mol. The van der Waals surface area contributed by atoms with Gasteiger partial charge in [0.15, 0.2) is 16.6 Å². The largest absolute Gasteiger partial charge is 0.493 e. The van der Waals surface area contributed by atoms with Crippen molar-refractivity contribution in [3.63, 3.8) is 0 Å². The quantitative estimate of drug-likeness (QED) is 0.453. The molecule has 2 saturated heterocycles. The number of aromatic nitrogens is 1. The number of carbonyl (C=O) groups excluding carboxylic acids is 1. The Morgan fingerprint density at radius 3 is 2.21 bits per heavy atom. The normalized spacial score (nSPS) is 21.1. The zero-order chi connectivity index (χ0) is 27.0. The summed E-state index contributed by atoms with van der Waals surface area (Å²) < 4.78 is 39.9. The van der Waals surface area contributed by atoms with Crippen LogP contribution in [0.3, 0.4) is 0 Å². The van der Waals surface area contributed by atoms with Crippen LogP contribution in [0.1, 0.15) is 30.6 Å². The molecule has 2 aliphatic heterocycles. The predicted molar refractivity (Wildman–Crippen MR) is 149 cm³/mol. The van der Waals surface area contributed by atoms with E-state index in [-0.39, 0.29) is 10.8 Å². The highest BCUT2D eigenvalue weighted by molar-refractivity contribution is 7.89. The standard InChI is InChI=1S/C27H34N4O5S2/c1-18-15-19(2)17-31(16-18)38(33,34)21-7-5-20(6-8-21)26(32)29-11-13-30(14-12-29)27-28-24-23(37-27)10-9-22(35-3)25(24)36-4/h5-10,18-19H,11-17H2,1-4H3. The molecule has 0 N–H and O–H groups in total. The molecule has 1 aromatic heterocycles. The third-order valence-corrected chi connectivity index (χ3v) is 10.2. The first kappa shape index (κ1) is 26.7. The Bertz CT molecular complexity index is 1410. The second-order valence-electron chi connectivity index (χ2n) is 10.2. The Hall–Kier alpha value is -2.89. The van der Waals surface area contributed by atoms with Crippen LogP contribution in [-0.4, -0.2) is 82.0 Å². The van der Waals surface area contributed by atoms with E-state index in [0.29, 0.717) is 68.2 Å². The number of rotatable bonds is 6. The zero-order valence-corrected chi connectivity index (χ0v) is 23.8. The summed E-state index contributed by atoms with van der Waals surface area (Å²) in [6.07, 6.45) is 1.04. The van der Waals surface area contributed by atoms with Crippen molar-refractivity contribution < 1.29 is 22.7 Å². The molecule has 5 rings (SSSR count). The fourth-order valence-corrected chi connectivity index (χ4v) is 8.13. The van der Waals surface area contributed by atoms with Crippen LogP contribution in [0, 0.1) is 11.8 Å². The van der Waals surface area contributed by atoms with Gasteiger partial charge >= 0.3 is 0 Å². The topological polar surface area (TPSA) is 92.3 Å². The third kappa shape index (κ3) is 5.06. The van der Waals surface area contributed by atoms with E-state index in [0.717, 1.165) is 21.8 Å². The summed E-state index contributed by atoms with van der Waals surface area (Å²) in [5, 5.41) is 0.884. The van der Waals surface area contributed by atoms with Crippen LogP contribution < -0.4 is 14.4 Å². The molecule has 2 aliphatic rings. The van der Waals surface area contributed by atoms with Gasteiger partial charge in [-0.15, -0.1) is 0 Å². The molecular weight excluding hydrogens is 524 g/mol. The molecule has 2 fully saturated rings. The summed E-state index contributed by atoms with van der Waals surface area (Å²) in [4.78, 5) is 22.2. The van der Waals surface area contributed by atoms with Gasteiger partial charge in [-0.3, -0.25) is 4.79 Å². The third-order valence-electron chi connectivity index (χ3n) is 7.30. The van der Waals surface area contributed by atoms with Crippen molar-refractivity contribution in [2.24, 2.45) is 11.8 Å². The van der Waals surface area contributed by atoms with Gasteiger partial charge in [0.25, 0.3) is 5.91 Å². The fraction of sp³-hybridized carbons (Fsp3) is 0.481. The van der Waals surface area contributed by atoms with E-state index in [2.05, 4.69) is 18.7 Å². The summed E-state index contributed by atoms with van der Waals surface area (Å²) in [7, 11) is -0.360. The molecule has 2 aromatic carbocycles. The maximum Gasteiger partial charge on any atom is 0.253 e. The molecular formula is C27H34N4O5S2. The van der Waals surface area contributed by atoms with Crippen LogP contribution in [0.2, 0.25) is 0 Å².